The number of hydrogen-bond acceptors (Lipinski definition) is 5. The summed E-state index contributed by atoms with van der Waals surface area (Å²) in [5.41, 5.74) is 7.47. The van der Waals surface area contributed by atoms with E-state index in [1.54, 1.807) is 18.3 Å². The van der Waals surface area contributed by atoms with Crippen LogP contribution >= 0.6 is 11.3 Å². The van der Waals surface area contributed by atoms with E-state index in [1.165, 1.54) is 24.2 Å². The first-order chi connectivity index (χ1) is 10.3. The number of nitrogens with zero attached hydrogens (tertiary/aromatic N) is 2. The van der Waals surface area contributed by atoms with E-state index in [4.69, 9.17) is 5.73 Å². The summed E-state index contributed by atoms with van der Waals surface area (Å²) in [7, 11) is 0. The summed E-state index contributed by atoms with van der Waals surface area (Å²) >= 11 is 1.45. The van der Waals surface area contributed by atoms with Crippen molar-refractivity contribution in [3.63, 3.8) is 0 Å². The molecule has 0 unspecified atom stereocenters. The van der Waals surface area contributed by atoms with Crippen molar-refractivity contribution in [2.45, 2.75) is 18.8 Å². The van der Waals surface area contributed by atoms with Crippen molar-refractivity contribution in [1.29, 1.82) is 0 Å². The van der Waals surface area contributed by atoms with Crippen molar-refractivity contribution in [3.8, 4) is 11.8 Å². The molecule has 3 rings (SSSR count). The highest BCUT2D eigenvalue weighted by atomic mass is 32.1. The Kier molecular flexibility index (Phi) is 3.95. The molecule has 1 aliphatic carbocycles. The predicted molar refractivity (Wildman–Crippen MR) is 82.2 cm³/mol. The van der Waals surface area contributed by atoms with E-state index in [2.05, 4.69) is 27.1 Å². The van der Waals surface area contributed by atoms with E-state index >= 15 is 0 Å². The van der Waals surface area contributed by atoms with Gasteiger partial charge in [-0.15, -0.1) is 11.3 Å². The molecule has 0 radical (unpaired) electrons. The van der Waals surface area contributed by atoms with Gasteiger partial charge in [-0.25, -0.2) is 9.97 Å². The van der Waals surface area contributed by atoms with Gasteiger partial charge >= 0.3 is 0 Å². The molecule has 1 aliphatic rings. The molecule has 1 amide bonds. The van der Waals surface area contributed by atoms with E-state index in [0.717, 1.165) is 11.3 Å². The maximum absolute atomic E-state index is 12.1. The van der Waals surface area contributed by atoms with Crippen molar-refractivity contribution >= 4 is 22.4 Å². The van der Waals surface area contributed by atoms with Gasteiger partial charge in [0.25, 0.3) is 5.91 Å². The molecule has 5 nitrogen and oxygen atoms in total. The number of pyridine rings is 1. The van der Waals surface area contributed by atoms with Gasteiger partial charge in [-0.1, -0.05) is 11.8 Å². The SMILES string of the molecule is NCC#Cc1ccc(C(=O)Nc2nc(C3CC3)cs2)nc1. The zero-order valence-electron chi connectivity index (χ0n) is 11.3. The van der Waals surface area contributed by atoms with Crippen LogP contribution in [0.1, 0.15) is 40.5 Å². The highest BCUT2D eigenvalue weighted by Gasteiger charge is 2.26. The van der Waals surface area contributed by atoms with Crippen LogP contribution in [0.5, 0.6) is 0 Å². The fourth-order valence-corrected chi connectivity index (χ4v) is 2.61. The van der Waals surface area contributed by atoms with Crippen LogP contribution in [0, 0.1) is 11.8 Å². The molecule has 0 bridgehead atoms. The number of thiazole rings is 1. The van der Waals surface area contributed by atoms with Crippen molar-refractivity contribution in [2.24, 2.45) is 5.73 Å². The Balaban J connectivity index is 1.66. The van der Waals surface area contributed by atoms with E-state index in [0.29, 0.717) is 23.3 Å². The maximum Gasteiger partial charge on any atom is 0.276 e. The monoisotopic (exact) mass is 298 g/mol. The quantitative estimate of drug-likeness (QED) is 0.849. The minimum absolute atomic E-state index is 0.259. The minimum Gasteiger partial charge on any atom is -0.320 e. The zero-order valence-corrected chi connectivity index (χ0v) is 12.1. The number of anilines is 1. The van der Waals surface area contributed by atoms with Crippen LogP contribution < -0.4 is 11.1 Å². The molecule has 1 fully saturated rings. The van der Waals surface area contributed by atoms with E-state index < -0.39 is 0 Å². The van der Waals surface area contributed by atoms with E-state index in [-0.39, 0.29) is 5.91 Å². The molecular weight excluding hydrogens is 284 g/mol. The van der Waals surface area contributed by atoms with Gasteiger partial charge in [0.05, 0.1) is 12.2 Å². The summed E-state index contributed by atoms with van der Waals surface area (Å²) in [6, 6.07) is 3.40. The van der Waals surface area contributed by atoms with Gasteiger partial charge in [-0.05, 0) is 25.0 Å². The normalized spacial score (nSPS) is 13.4. The summed E-state index contributed by atoms with van der Waals surface area (Å²) < 4.78 is 0. The number of aromatic nitrogens is 2. The number of hydrogen-bond donors (Lipinski definition) is 2. The lowest BCUT2D eigenvalue weighted by atomic mass is 10.2. The first-order valence-corrected chi connectivity index (χ1v) is 7.56. The lowest BCUT2D eigenvalue weighted by Crippen LogP contribution is -2.13. The Morgan fingerprint density at radius 1 is 1.48 bits per heavy atom. The Hall–Kier alpha value is -2.23. The number of nitrogens with one attached hydrogen (secondary N) is 1. The van der Waals surface area contributed by atoms with Crippen molar-refractivity contribution in [2.75, 3.05) is 11.9 Å². The third-order valence-corrected chi connectivity index (χ3v) is 3.84. The first kappa shape index (κ1) is 13.7. The summed E-state index contributed by atoms with van der Waals surface area (Å²) in [5.74, 6) is 5.93. The van der Waals surface area contributed by atoms with Gasteiger partial charge in [0.1, 0.15) is 5.69 Å². The fraction of sp³-hybridized carbons (Fsp3) is 0.267. The Bertz CT molecular complexity index is 707. The van der Waals surface area contributed by atoms with E-state index in [9.17, 15) is 4.79 Å². The fourth-order valence-electron chi connectivity index (χ4n) is 1.83. The first-order valence-electron chi connectivity index (χ1n) is 6.68. The van der Waals surface area contributed by atoms with Crippen molar-refractivity contribution in [3.05, 3.63) is 40.7 Å². The van der Waals surface area contributed by atoms with Gasteiger partial charge in [-0.2, -0.15) is 0 Å². The standard InChI is InChI=1S/C15H14N4OS/c16-7-1-2-10-3-6-12(17-8-10)14(20)19-15-18-13(9-21-15)11-4-5-11/h3,6,8-9,11H,4-5,7,16H2,(H,18,19,20). The molecule has 0 aromatic carbocycles. The lowest BCUT2D eigenvalue weighted by molar-refractivity contribution is 0.102. The number of amides is 1. The molecule has 0 spiro atoms. The van der Waals surface area contributed by atoms with Gasteiger partial charge in [-0.3, -0.25) is 10.1 Å². The molecule has 106 valence electrons. The number of rotatable bonds is 3. The van der Waals surface area contributed by atoms with Crippen molar-refractivity contribution in [1.82, 2.24) is 9.97 Å². The second-order valence-corrected chi connectivity index (χ2v) is 5.60. The Morgan fingerprint density at radius 3 is 3.00 bits per heavy atom. The molecule has 2 aromatic heterocycles. The molecular formula is C15H14N4OS. The molecule has 0 atom stereocenters. The van der Waals surface area contributed by atoms with Gasteiger partial charge in [0.15, 0.2) is 5.13 Å². The van der Waals surface area contributed by atoms with Crippen LogP contribution in [-0.2, 0) is 0 Å². The molecule has 0 saturated heterocycles. The summed E-state index contributed by atoms with van der Waals surface area (Å²) in [4.78, 5) is 20.6. The number of nitrogens with two attached hydrogens (primary N) is 1. The predicted octanol–water partition coefficient (Wildman–Crippen LogP) is 1.98. The average molecular weight is 298 g/mol. The lowest BCUT2D eigenvalue weighted by Gasteiger charge is -2.00. The molecule has 1 saturated carbocycles. The second kappa shape index (κ2) is 6.04. The highest BCUT2D eigenvalue weighted by molar-refractivity contribution is 7.14. The van der Waals surface area contributed by atoms with Crippen LogP contribution in [-0.4, -0.2) is 22.4 Å². The number of carbonyl (C=O) groups is 1. The second-order valence-electron chi connectivity index (χ2n) is 4.74. The van der Waals surface area contributed by atoms with Crippen LogP contribution in [0.2, 0.25) is 0 Å². The Morgan fingerprint density at radius 2 is 2.33 bits per heavy atom. The Labute approximate surface area is 126 Å². The van der Waals surface area contributed by atoms with Crippen LogP contribution in [0.3, 0.4) is 0 Å². The zero-order chi connectivity index (χ0) is 14.7. The van der Waals surface area contributed by atoms with Crippen LogP contribution in [0.4, 0.5) is 5.13 Å². The minimum atomic E-state index is -0.259. The molecule has 2 aromatic rings. The highest BCUT2D eigenvalue weighted by Crippen LogP contribution is 2.40. The van der Waals surface area contributed by atoms with Crippen molar-refractivity contribution < 1.29 is 4.79 Å². The average Bonchev–Trinajstić information content (AvgIpc) is 3.26. The molecule has 6 heteroatoms. The van der Waals surface area contributed by atoms with Gasteiger partial charge in [0.2, 0.25) is 0 Å². The topological polar surface area (TPSA) is 80.9 Å². The molecule has 2 heterocycles. The third kappa shape index (κ3) is 3.45. The summed E-state index contributed by atoms with van der Waals surface area (Å²) in [6.07, 6.45) is 3.96. The molecule has 21 heavy (non-hydrogen) atoms. The smallest absolute Gasteiger partial charge is 0.276 e. The number of carbonyl (C=O) groups excluding carboxylic acids is 1. The maximum atomic E-state index is 12.1. The summed E-state index contributed by atoms with van der Waals surface area (Å²) in [5, 5.41) is 5.40. The van der Waals surface area contributed by atoms with Crippen LogP contribution in [0.25, 0.3) is 0 Å². The largest absolute Gasteiger partial charge is 0.320 e. The molecule has 0 aliphatic heterocycles. The van der Waals surface area contributed by atoms with Gasteiger partial charge < -0.3 is 5.73 Å². The third-order valence-electron chi connectivity index (χ3n) is 3.07. The van der Waals surface area contributed by atoms with Crippen LogP contribution in [0.15, 0.2) is 23.7 Å². The molecule has 3 N–H and O–H groups in total. The van der Waals surface area contributed by atoms with E-state index in [1.807, 2.05) is 5.38 Å². The summed E-state index contributed by atoms with van der Waals surface area (Å²) in [6.45, 7) is 0.301. The van der Waals surface area contributed by atoms with Gasteiger partial charge in [0, 0.05) is 23.1 Å².